The predicted octanol–water partition coefficient (Wildman–Crippen LogP) is 4.13. The highest BCUT2D eigenvalue weighted by Gasteiger charge is 2.54. The van der Waals surface area contributed by atoms with Crippen molar-refractivity contribution in [3.8, 4) is 0 Å². The number of fused-ring (bicyclic) bond motifs is 1. The number of likely N-dealkylation sites (N-methyl/N-ethyl adjacent to an activating group) is 1. The standard InChI is InChI=1S/C26H34N6/c1-5-20-9-10-23-21(13-20)16-30(4)11-12-32(23)25(29-27-3)22-14-26(15-22)17-31(18-26)24-8-6-7-19(2)28-24/h6-10,13,22H,3,5,11-12,14-18H2,1-2,4H3/b29-25-. The Bertz CT molecular complexity index is 1030. The van der Waals surface area contributed by atoms with Crippen LogP contribution in [-0.4, -0.2) is 55.7 Å². The Balaban J connectivity index is 1.33. The monoisotopic (exact) mass is 430 g/mol. The van der Waals surface area contributed by atoms with Crippen LogP contribution in [0.1, 0.15) is 36.6 Å². The van der Waals surface area contributed by atoms with Crippen LogP contribution in [0.25, 0.3) is 0 Å². The molecule has 6 nitrogen and oxygen atoms in total. The van der Waals surface area contributed by atoms with Crippen molar-refractivity contribution in [2.24, 2.45) is 21.5 Å². The van der Waals surface area contributed by atoms with Gasteiger partial charge in [-0.05, 0) is 62.6 Å². The van der Waals surface area contributed by atoms with Gasteiger partial charge in [0.05, 0.1) is 0 Å². The minimum absolute atomic E-state index is 0.398. The van der Waals surface area contributed by atoms with Gasteiger partial charge in [0, 0.05) is 62.2 Å². The Kier molecular flexibility index (Phi) is 5.49. The van der Waals surface area contributed by atoms with Crippen LogP contribution in [0.3, 0.4) is 0 Å². The number of pyridine rings is 1. The fourth-order valence-electron chi connectivity index (χ4n) is 5.73. The van der Waals surface area contributed by atoms with Crippen LogP contribution >= 0.6 is 0 Å². The Labute approximate surface area is 191 Å². The molecule has 0 unspecified atom stereocenters. The first-order valence-corrected chi connectivity index (χ1v) is 11.8. The van der Waals surface area contributed by atoms with Gasteiger partial charge < -0.3 is 14.7 Å². The smallest absolute Gasteiger partial charge is 0.135 e. The zero-order valence-electron chi connectivity index (χ0n) is 19.6. The number of aromatic nitrogens is 1. The van der Waals surface area contributed by atoms with Crippen molar-refractivity contribution in [2.75, 3.05) is 43.0 Å². The molecule has 1 spiro atoms. The highest BCUT2D eigenvalue weighted by molar-refractivity contribution is 6.01. The summed E-state index contributed by atoms with van der Waals surface area (Å²) in [5.74, 6) is 2.64. The third-order valence-corrected chi connectivity index (χ3v) is 7.41. The first-order chi connectivity index (χ1) is 15.5. The minimum Gasteiger partial charge on any atom is -0.355 e. The van der Waals surface area contributed by atoms with Gasteiger partial charge in [-0.25, -0.2) is 4.98 Å². The molecule has 32 heavy (non-hydrogen) atoms. The van der Waals surface area contributed by atoms with Gasteiger partial charge in [0.15, 0.2) is 0 Å². The van der Waals surface area contributed by atoms with Crippen LogP contribution in [0.5, 0.6) is 0 Å². The first-order valence-electron chi connectivity index (χ1n) is 11.8. The maximum atomic E-state index is 4.70. The number of hydrogen-bond acceptors (Lipinski definition) is 5. The lowest BCUT2D eigenvalue weighted by Crippen LogP contribution is -2.64. The molecule has 2 aliphatic heterocycles. The van der Waals surface area contributed by atoms with E-state index in [9.17, 15) is 0 Å². The van der Waals surface area contributed by atoms with E-state index < -0.39 is 0 Å². The van der Waals surface area contributed by atoms with Gasteiger partial charge in [-0.2, -0.15) is 5.10 Å². The molecule has 1 aliphatic carbocycles. The second kappa shape index (κ2) is 8.32. The zero-order chi connectivity index (χ0) is 22.3. The van der Waals surface area contributed by atoms with Gasteiger partial charge in [-0.1, -0.05) is 25.1 Å². The topological polar surface area (TPSA) is 47.3 Å². The van der Waals surface area contributed by atoms with E-state index in [1.807, 2.05) is 0 Å². The molecule has 1 aromatic heterocycles. The molecule has 168 valence electrons. The normalized spacial score (nSPS) is 21.0. The summed E-state index contributed by atoms with van der Waals surface area (Å²) in [6, 6.07) is 13.2. The Morgan fingerprint density at radius 1 is 1.19 bits per heavy atom. The summed E-state index contributed by atoms with van der Waals surface area (Å²) in [5.41, 5.74) is 5.54. The van der Waals surface area contributed by atoms with Crippen molar-refractivity contribution >= 4 is 24.1 Å². The fraction of sp³-hybridized carbons (Fsp3) is 0.500. The number of amidine groups is 1. The van der Waals surface area contributed by atoms with Crippen molar-refractivity contribution < 1.29 is 0 Å². The molecule has 3 aliphatic rings. The average Bonchev–Trinajstić information content (AvgIpc) is 2.88. The van der Waals surface area contributed by atoms with Crippen LogP contribution in [0.4, 0.5) is 11.5 Å². The predicted molar refractivity (Wildman–Crippen MR) is 133 cm³/mol. The van der Waals surface area contributed by atoms with Crippen LogP contribution in [0, 0.1) is 18.3 Å². The molecular formula is C26H34N6. The van der Waals surface area contributed by atoms with Crippen molar-refractivity contribution in [3.63, 3.8) is 0 Å². The van der Waals surface area contributed by atoms with Gasteiger partial charge in [0.25, 0.3) is 0 Å². The van der Waals surface area contributed by atoms with E-state index in [0.29, 0.717) is 11.3 Å². The Hall–Kier alpha value is -2.73. The second-order valence-electron chi connectivity index (χ2n) is 9.90. The zero-order valence-corrected chi connectivity index (χ0v) is 19.6. The van der Waals surface area contributed by atoms with Gasteiger partial charge in [-0.15, -0.1) is 5.10 Å². The highest BCUT2D eigenvalue weighted by Crippen LogP contribution is 2.53. The SMILES string of the molecule is C=N/N=C(/C1CC2(C1)CN(c1cccc(C)n1)C2)N1CCN(C)Cc2cc(CC)ccc21. The molecule has 0 radical (unpaired) electrons. The molecule has 6 heteroatoms. The van der Waals surface area contributed by atoms with E-state index in [4.69, 9.17) is 4.98 Å². The molecule has 0 bridgehead atoms. The van der Waals surface area contributed by atoms with E-state index >= 15 is 0 Å². The minimum atomic E-state index is 0.398. The number of rotatable bonds is 4. The molecular weight excluding hydrogens is 396 g/mol. The molecule has 0 atom stereocenters. The van der Waals surface area contributed by atoms with Gasteiger partial charge in [-0.3, -0.25) is 0 Å². The number of aryl methyl sites for hydroxylation is 2. The van der Waals surface area contributed by atoms with E-state index in [-0.39, 0.29) is 0 Å². The number of nitrogens with zero attached hydrogens (tertiary/aromatic N) is 6. The highest BCUT2D eigenvalue weighted by atomic mass is 15.3. The molecule has 5 rings (SSSR count). The van der Waals surface area contributed by atoms with Crippen LogP contribution in [0.2, 0.25) is 0 Å². The number of hydrogen-bond donors (Lipinski definition) is 0. The second-order valence-corrected chi connectivity index (χ2v) is 9.90. The maximum Gasteiger partial charge on any atom is 0.135 e. The van der Waals surface area contributed by atoms with E-state index in [0.717, 1.165) is 56.5 Å². The van der Waals surface area contributed by atoms with Gasteiger partial charge in [0.1, 0.15) is 11.7 Å². The van der Waals surface area contributed by atoms with Crippen LogP contribution in [-0.2, 0) is 13.0 Å². The lowest BCUT2D eigenvalue weighted by atomic mass is 9.57. The van der Waals surface area contributed by atoms with E-state index in [1.165, 1.54) is 29.7 Å². The Morgan fingerprint density at radius 3 is 2.72 bits per heavy atom. The van der Waals surface area contributed by atoms with Crippen molar-refractivity contribution in [3.05, 3.63) is 53.2 Å². The summed E-state index contributed by atoms with van der Waals surface area (Å²) in [6.07, 6.45) is 3.39. The van der Waals surface area contributed by atoms with Crippen molar-refractivity contribution in [1.82, 2.24) is 9.88 Å². The molecule has 2 aromatic rings. The quantitative estimate of drug-likeness (QED) is 0.416. The molecule has 1 aromatic carbocycles. The fourth-order valence-corrected chi connectivity index (χ4v) is 5.73. The first kappa shape index (κ1) is 21.1. The average molecular weight is 431 g/mol. The van der Waals surface area contributed by atoms with Gasteiger partial charge in [0.2, 0.25) is 0 Å². The summed E-state index contributed by atoms with van der Waals surface area (Å²) >= 11 is 0. The summed E-state index contributed by atoms with van der Waals surface area (Å²) in [7, 11) is 2.20. The maximum absolute atomic E-state index is 4.70. The summed E-state index contributed by atoms with van der Waals surface area (Å²) in [4.78, 5) is 11.9. The Morgan fingerprint density at radius 2 is 2.00 bits per heavy atom. The summed E-state index contributed by atoms with van der Waals surface area (Å²) in [6.45, 7) is 13.1. The number of benzene rings is 1. The van der Waals surface area contributed by atoms with Crippen molar-refractivity contribution in [1.29, 1.82) is 0 Å². The third-order valence-electron chi connectivity index (χ3n) is 7.41. The largest absolute Gasteiger partial charge is 0.355 e. The van der Waals surface area contributed by atoms with Crippen LogP contribution in [0.15, 0.2) is 46.6 Å². The molecule has 3 heterocycles. The molecule has 0 amide bonds. The summed E-state index contributed by atoms with van der Waals surface area (Å²) < 4.78 is 0. The molecule has 2 fully saturated rings. The summed E-state index contributed by atoms with van der Waals surface area (Å²) in [5, 5.41) is 8.60. The third kappa shape index (κ3) is 3.81. The van der Waals surface area contributed by atoms with Gasteiger partial charge >= 0.3 is 0 Å². The molecule has 0 N–H and O–H groups in total. The lowest BCUT2D eigenvalue weighted by Gasteiger charge is -2.60. The van der Waals surface area contributed by atoms with E-state index in [2.05, 4.69) is 88.9 Å². The van der Waals surface area contributed by atoms with E-state index in [1.54, 1.807) is 0 Å². The van der Waals surface area contributed by atoms with Crippen molar-refractivity contribution in [2.45, 2.75) is 39.7 Å². The molecule has 1 saturated carbocycles. The molecule has 1 saturated heterocycles. The number of anilines is 2. The van der Waals surface area contributed by atoms with Crippen LogP contribution < -0.4 is 9.80 Å². The lowest BCUT2D eigenvalue weighted by molar-refractivity contribution is 0.0559.